The van der Waals surface area contributed by atoms with Gasteiger partial charge in [0.25, 0.3) is 11.8 Å². The topological polar surface area (TPSA) is 182 Å². The van der Waals surface area contributed by atoms with Crippen molar-refractivity contribution in [2.45, 2.75) is 51.0 Å². The highest BCUT2D eigenvalue weighted by Gasteiger charge is 2.27. The van der Waals surface area contributed by atoms with Crippen LogP contribution in [0.1, 0.15) is 68.9 Å². The molecule has 0 bridgehead atoms. The zero-order chi connectivity index (χ0) is 33.9. The van der Waals surface area contributed by atoms with E-state index in [1.165, 1.54) is 42.4 Å². The minimum atomic E-state index is -3.81. The number of likely N-dealkylation sites (N-methyl/N-ethyl adjacent to an activating group) is 1. The van der Waals surface area contributed by atoms with Gasteiger partial charge in [0, 0.05) is 43.4 Å². The lowest BCUT2D eigenvalue weighted by Gasteiger charge is -2.28. The van der Waals surface area contributed by atoms with Crippen LogP contribution in [-0.2, 0) is 22.2 Å². The number of nitrogens with two attached hydrogens (primary N) is 1. The summed E-state index contributed by atoms with van der Waals surface area (Å²) in [5, 5.41) is 25.0. The largest absolute Gasteiger partial charge is 0.508 e. The number of aromatic hydroxyl groups is 1. The van der Waals surface area contributed by atoms with Crippen LogP contribution < -0.4 is 15.9 Å². The Balaban J connectivity index is 1.86. The smallest absolute Gasteiger partial charge is 0.253 e. The maximum absolute atomic E-state index is 13.6. The average Bonchev–Trinajstić information content (AvgIpc) is 3.00. The second-order valence-corrected chi connectivity index (χ2v) is 12.9. The summed E-state index contributed by atoms with van der Waals surface area (Å²) < 4.78 is 25.5. The number of hydrogen-bond donors (Lipinski definition) is 5. The van der Waals surface area contributed by atoms with Gasteiger partial charge in [-0.15, -0.1) is 4.83 Å². The lowest BCUT2D eigenvalue weighted by molar-refractivity contribution is 0.0687. The van der Waals surface area contributed by atoms with Crippen molar-refractivity contribution in [2.75, 3.05) is 26.7 Å². The van der Waals surface area contributed by atoms with Crippen LogP contribution >= 0.6 is 0 Å². The summed E-state index contributed by atoms with van der Waals surface area (Å²) in [7, 11) is -2.35. The lowest BCUT2D eigenvalue weighted by atomic mass is 9.99. The van der Waals surface area contributed by atoms with E-state index >= 15 is 0 Å². The zero-order valence-corrected chi connectivity index (χ0v) is 27.2. The van der Waals surface area contributed by atoms with Gasteiger partial charge in [0.15, 0.2) is 0 Å². The molecule has 0 fully saturated rings. The van der Waals surface area contributed by atoms with Crippen LogP contribution in [0.3, 0.4) is 0 Å². The molecule has 2 atom stereocenters. The monoisotopic (exact) mass is 653 g/mol. The lowest BCUT2D eigenvalue weighted by Crippen LogP contribution is -2.52. The van der Waals surface area contributed by atoms with Crippen molar-refractivity contribution in [2.24, 2.45) is 5.73 Å². The fourth-order valence-corrected chi connectivity index (χ4v) is 6.24. The second-order valence-electron chi connectivity index (χ2n) is 11.2. The van der Waals surface area contributed by atoms with E-state index in [2.05, 4.69) is 10.1 Å². The molecule has 0 radical (unpaired) electrons. The summed E-state index contributed by atoms with van der Waals surface area (Å²) >= 11 is 0. The van der Waals surface area contributed by atoms with E-state index in [1.807, 2.05) is 13.8 Å². The molecular weight excluding hydrogens is 610 g/mol. The molecule has 13 heteroatoms. The molecule has 12 nitrogen and oxygen atoms in total. The molecule has 3 amide bonds. The van der Waals surface area contributed by atoms with Gasteiger partial charge in [-0.05, 0) is 60.7 Å². The average molecular weight is 654 g/mol. The molecule has 3 aromatic rings. The maximum atomic E-state index is 13.6. The molecule has 0 spiro atoms. The first-order valence-corrected chi connectivity index (χ1v) is 16.7. The number of amides is 3. The summed E-state index contributed by atoms with van der Waals surface area (Å²) in [6.07, 6.45) is 0.275. The van der Waals surface area contributed by atoms with Gasteiger partial charge >= 0.3 is 0 Å². The van der Waals surface area contributed by atoms with Gasteiger partial charge in [-0.2, -0.15) is 0 Å². The number of aliphatic hydroxyl groups is 1. The molecule has 3 aromatic carbocycles. The standard InChI is InChI=1S/C33H43N5O7S/c1-4-15-38(16-5-2)33(43)27-19-25(31(34)41)18-26(20-27)32(42)35-29(17-23-11-13-28(39)14-12-23)30(40)21-37(3)36-46(44,45)22-24-9-7-6-8-10-24/h6-14,18-20,29-30,36,39-40H,4-5,15-17,21-22H2,1-3H3,(H2,34,41)(H,35,42). The van der Waals surface area contributed by atoms with Gasteiger partial charge in [-0.1, -0.05) is 56.3 Å². The quantitative estimate of drug-likeness (QED) is 0.138. The van der Waals surface area contributed by atoms with Crippen LogP contribution in [-0.4, -0.2) is 85.1 Å². The Morgan fingerprint density at radius 3 is 2.04 bits per heavy atom. The number of sulfonamides is 1. The molecule has 6 N–H and O–H groups in total. The normalized spacial score (nSPS) is 12.8. The molecule has 248 valence electrons. The molecule has 0 aromatic heterocycles. The third-order valence-corrected chi connectivity index (χ3v) is 8.43. The van der Waals surface area contributed by atoms with E-state index in [-0.39, 0.29) is 47.1 Å². The van der Waals surface area contributed by atoms with Crippen molar-refractivity contribution in [1.29, 1.82) is 0 Å². The first-order valence-electron chi connectivity index (χ1n) is 15.1. The van der Waals surface area contributed by atoms with Crippen LogP contribution in [0.4, 0.5) is 0 Å². The van der Waals surface area contributed by atoms with Crippen molar-refractivity contribution in [3.05, 3.63) is 101 Å². The molecule has 0 saturated heterocycles. The molecule has 0 saturated carbocycles. The summed E-state index contributed by atoms with van der Waals surface area (Å²) in [4.78, 5) is 43.2. The second kappa shape index (κ2) is 16.9. The van der Waals surface area contributed by atoms with Crippen molar-refractivity contribution in [3.63, 3.8) is 0 Å². The van der Waals surface area contributed by atoms with Gasteiger partial charge in [0.2, 0.25) is 15.9 Å². The highest BCUT2D eigenvalue weighted by atomic mass is 32.2. The Labute approximate surface area is 270 Å². The van der Waals surface area contributed by atoms with E-state index < -0.39 is 34.0 Å². The first-order chi connectivity index (χ1) is 21.8. The molecule has 0 heterocycles. The van der Waals surface area contributed by atoms with Crippen molar-refractivity contribution < 1.29 is 33.0 Å². The van der Waals surface area contributed by atoms with Crippen LogP contribution in [0.2, 0.25) is 0 Å². The van der Waals surface area contributed by atoms with Gasteiger partial charge in [0.1, 0.15) is 5.75 Å². The van der Waals surface area contributed by atoms with Crippen molar-refractivity contribution in [3.8, 4) is 5.75 Å². The number of phenolic OH excluding ortho intramolecular Hbond substituents is 1. The summed E-state index contributed by atoms with van der Waals surface area (Å²) in [6, 6.07) is 17.9. The van der Waals surface area contributed by atoms with Crippen LogP contribution in [0, 0.1) is 0 Å². The first kappa shape index (κ1) is 36.2. The molecule has 2 unspecified atom stereocenters. The Hall–Kier alpha value is -4.30. The fraction of sp³-hybridized carbons (Fsp3) is 0.364. The van der Waals surface area contributed by atoms with Crippen LogP contribution in [0.5, 0.6) is 5.75 Å². The maximum Gasteiger partial charge on any atom is 0.253 e. The van der Waals surface area contributed by atoms with Crippen LogP contribution in [0.25, 0.3) is 0 Å². The van der Waals surface area contributed by atoms with E-state index in [0.29, 0.717) is 24.2 Å². The van der Waals surface area contributed by atoms with Gasteiger partial charge in [0.05, 0.1) is 17.9 Å². The SMILES string of the molecule is CCCN(CCC)C(=O)c1cc(C(N)=O)cc(C(=O)NC(Cc2ccc(O)cc2)C(O)CN(C)NS(=O)(=O)Cc2ccccc2)c1. The number of primary amides is 1. The molecule has 46 heavy (non-hydrogen) atoms. The van der Waals surface area contributed by atoms with E-state index in [9.17, 15) is 33.0 Å². The van der Waals surface area contributed by atoms with Gasteiger partial charge in [-0.3, -0.25) is 14.4 Å². The van der Waals surface area contributed by atoms with E-state index in [0.717, 1.165) is 12.8 Å². The number of benzene rings is 3. The Morgan fingerprint density at radius 2 is 1.46 bits per heavy atom. The number of hydrazine groups is 1. The van der Waals surface area contributed by atoms with Crippen LogP contribution in [0.15, 0.2) is 72.8 Å². The predicted molar refractivity (Wildman–Crippen MR) is 175 cm³/mol. The number of rotatable bonds is 17. The minimum Gasteiger partial charge on any atom is -0.508 e. The number of nitrogens with zero attached hydrogens (tertiary/aromatic N) is 2. The highest BCUT2D eigenvalue weighted by molar-refractivity contribution is 7.88. The number of hydrogen-bond acceptors (Lipinski definition) is 8. The summed E-state index contributed by atoms with van der Waals surface area (Å²) in [6.45, 7) is 4.68. The highest BCUT2D eigenvalue weighted by Crippen LogP contribution is 2.17. The molecular formula is C33H43N5O7S. The molecule has 0 aliphatic heterocycles. The Morgan fingerprint density at radius 1 is 0.870 bits per heavy atom. The molecule has 0 aliphatic rings. The third-order valence-electron chi connectivity index (χ3n) is 7.13. The summed E-state index contributed by atoms with van der Waals surface area (Å²) in [5.41, 5.74) is 6.91. The molecule has 3 rings (SSSR count). The number of carbonyl (C=O) groups excluding carboxylic acids is 3. The zero-order valence-electron chi connectivity index (χ0n) is 26.3. The number of aliphatic hydroxyl groups excluding tert-OH is 1. The van der Waals surface area contributed by atoms with E-state index in [1.54, 1.807) is 47.4 Å². The number of nitrogens with one attached hydrogen (secondary N) is 2. The van der Waals surface area contributed by atoms with E-state index in [4.69, 9.17) is 5.73 Å². The predicted octanol–water partition coefficient (Wildman–Crippen LogP) is 2.42. The van der Waals surface area contributed by atoms with Crippen molar-refractivity contribution >= 4 is 27.7 Å². The Kier molecular flexibility index (Phi) is 13.2. The van der Waals surface area contributed by atoms with Gasteiger partial charge in [-0.25, -0.2) is 13.4 Å². The Bertz CT molecular complexity index is 1580. The van der Waals surface area contributed by atoms with Crippen molar-refractivity contribution in [1.82, 2.24) is 20.1 Å². The van der Waals surface area contributed by atoms with Gasteiger partial charge < -0.3 is 26.2 Å². The summed E-state index contributed by atoms with van der Waals surface area (Å²) in [5.74, 6) is -2.06. The molecule has 0 aliphatic carbocycles. The third kappa shape index (κ3) is 10.9. The minimum absolute atomic E-state index is 0.00702. The fourth-order valence-electron chi connectivity index (χ4n) is 4.99. The number of phenols is 1. The number of carbonyl (C=O) groups is 3.